The summed E-state index contributed by atoms with van der Waals surface area (Å²) in [5, 5.41) is 8.30. The van der Waals surface area contributed by atoms with E-state index in [1.807, 2.05) is 14.0 Å². The van der Waals surface area contributed by atoms with Gasteiger partial charge in [0, 0.05) is 7.05 Å². The van der Waals surface area contributed by atoms with Gasteiger partial charge in [0.25, 0.3) is 0 Å². The molecule has 3 aromatic rings. The maximum atomic E-state index is 11.5. The van der Waals surface area contributed by atoms with Gasteiger partial charge in [-0.3, -0.25) is 0 Å². The Kier molecular flexibility index (Phi) is 3.84. The summed E-state index contributed by atoms with van der Waals surface area (Å²) < 4.78 is 13.2. The van der Waals surface area contributed by atoms with E-state index in [1.165, 1.54) is 0 Å². The van der Waals surface area contributed by atoms with Gasteiger partial charge >= 0.3 is 5.97 Å². The van der Waals surface area contributed by atoms with Crippen molar-refractivity contribution in [2.75, 3.05) is 11.9 Å². The minimum atomic E-state index is -0.449. The molecule has 3 rings (SSSR count). The predicted octanol–water partition coefficient (Wildman–Crippen LogP) is 2.72. The van der Waals surface area contributed by atoms with Crippen molar-refractivity contribution in [1.82, 2.24) is 14.8 Å². The van der Waals surface area contributed by atoms with Crippen LogP contribution in [0.5, 0.6) is 0 Å². The third-order valence-electron chi connectivity index (χ3n) is 3.10. The van der Waals surface area contributed by atoms with Crippen LogP contribution in [0, 0.1) is 6.92 Å². The molecule has 0 radical (unpaired) electrons. The van der Waals surface area contributed by atoms with E-state index in [2.05, 4.69) is 15.4 Å². The molecular weight excluding hydrogens is 304 g/mol. The Bertz CT molecular complexity index is 783. The molecule has 3 aromatic heterocycles. The fourth-order valence-corrected chi connectivity index (χ4v) is 3.04. The zero-order chi connectivity index (χ0) is 15.7. The number of carbonyl (C=O) groups is 1. The van der Waals surface area contributed by atoms with Gasteiger partial charge in [-0.15, -0.1) is 0 Å². The van der Waals surface area contributed by atoms with Crippen LogP contribution in [-0.2, 0) is 18.3 Å². The number of aryl methyl sites for hydroxylation is 2. The molecule has 0 aromatic carbocycles. The molecule has 7 nitrogen and oxygen atoms in total. The minimum absolute atomic E-state index is 0.211. The van der Waals surface area contributed by atoms with Crippen LogP contribution in [0.3, 0.4) is 0 Å². The van der Waals surface area contributed by atoms with Gasteiger partial charge in [-0.1, -0.05) is 11.3 Å². The second-order valence-electron chi connectivity index (χ2n) is 4.72. The number of furan rings is 1. The third kappa shape index (κ3) is 2.69. The molecule has 0 atom stereocenters. The number of nitrogens with zero attached hydrogens (tertiary/aromatic N) is 3. The first-order chi connectivity index (χ1) is 10.6. The normalized spacial score (nSPS) is 11.0. The Hall–Kier alpha value is -2.35. The molecule has 0 unspecified atom stereocenters. The molecule has 0 bridgehead atoms. The van der Waals surface area contributed by atoms with E-state index in [0.717, 1.165) is 21.2 Å². The number of rotatable bonds is 5. The van der Waals surface area contributed by atoms with Crippen molar-refractivity contribution < 1.29 is 13.9 Å². The average molecular weight is 320 g/mol. The Balaban J connectivity index is 1.69. The SMILES string of the molecule is CCOC(=O)c1ccc(CNc2nc3c(s2)c(C)nn3C)o1. The number of ether oxygens (including phenoxy) is 1. The Morgan fingerprint density at radius 2 is 2.32 bits per heavy atom. The Morgan fingerprint density at radius 1 is 1.50 bits per heavy atom. The fraction of sp³-hybridized carbons (Fsp3) is 0.357. The van der Waals surface area contributed by atoms with E-state index in [9.17, 15) is 4.79 Å². The molecule has 0 spiro atoms. The highest BCUT2D eigenvalue weighted by Gasteiger charge is 2.14. The van der Waals surface area contributed by atoms with E-state index in [0.29, 0.717) is 18.9 Å². The van der Waals surface area contributed by atoms with Crippen LogP contribution in [0.1, 0.15) is 28.9 Å². The lowest BCUT2D eigenvalue weighted by atomic mass is 10.4. The first kappa shape index (κ1) is 14.6. The number of aromatic nitrogens is 3. The fourth-order valence-electron chi connectivity index (χ4n) is 2.11. The number of esters is 1. The largest absolute Gasteiger partial charge is 0.460 e. The molecule has 0 aliphatic carbocycles. The highest BCUT2D eigenvalue weighted by atomic mass is 32.1. The second kappa shape index (κ2) is 5.80. The van der Waals surface area contributed by atoms with Gasteiger partial charge in [0.2, 0.25) is 5.76 Å². The maximum absolute atomic E-state index is 11.5. The first-order valence-electron chi connectivity index (χ1n) is 6.88. The smallest absolute Gasteiger partial charge is 0.374 e. The van der Waals surface area contributed by atoms with Gasteiger partial charge in [0.05, 0.1) is 23.5 Å². The summed E-state index contributed by atoms with van der Waals surface area (Å²) in [5.41, 5.74) is 1.82. The highest BCUT2D eigenvalue weighted by Crippen LogP contribution is 2.28. The number of hydrogen-bond donors (Lipinski definition) is 1. The molecule has 116 valence electrons. The summed E-state index contributed by atoms with van der Waals surface area (Å²) in [6.45, 7) is 4.49. The molecule has 1 N–H and O–H groups in total. The molecule has 0 amide bonds. The summed E-state index contributed by atoms with van der Waals surface area (Å²) in [4.78, 5) is 16.0. The van der Waals surface area contributed by atoms with Gasteiger partial charge in [0.1, 0.15) is 5.76 Å². The van der Waals surface area contributed by atoms with E-state index >= 15 is 0 Å². The molecular formula is C14H16N4O3S. The highest BCUT2D eigenvalue weighted by molar-refractivity contribution is 7.22. The zero-order valence-corrected chi connectivity index (χ0v) is 13.4. The number of hydrogen-bond acceptors (Lipinski definition) is 7. The minimum Gasteiger partial charge on any atom is -0.460 e. The van der Waals surface area contributed by atoms with E-state index in [-0.39, 0.29) is 5.76 Å². The Morgan fingerprint density at radius 3 is 3.05 bits per heavy atom. The maximum Gasteiger partial charge on any atom is 0.374 e. The van der Waals surface area contributed by atoms with E-state index in [1.54, 1.807) is 35.1 Å². The Labute approximate surface area is 130 Å². The summed E-state index contributed by atoms with van der Waals surface area (Å²) in [6, 6.07) is 3.36. The lowest BCUT2D eigenvalue weighted by Crippen LogP contribution is -2.03. The van der Waals surface area contributed by atoms with Crippen molar-refractivity contribution in [3.05, 3.63) is 29.3 Å². The number of nitrogens with one attached hydrogen (secondary N) is 1. The predicted molar refractivity (Wildman–Crippen MR) is 83.1 cm³/mol. The monoisotopic (exact) mass is 320 g/mol. The molecule has 3 heterocycles. The van der Waals surface area contributed by atoms with Crippen LogP contribution < -0.4 is 5.32 Å². The molecule has 0 aliphatic rings. The van der Waals surface area contributed by atoms with Crippen molar-refractivity contribution in [3.63, 3.8) is 0 Å². The van der Waals surface area contributed by atoms with Crippen molar-refractivity contribution in [2.45, 2.75) is 20.4 Å². The standard InChI is InChI=1S/C14H16N4O3S/c1-4-20-13(19)10-6-5-9(21-10)7-15-14-16-12-11(22-14)8(2)17-18(12)3/h5-6H,4,7H2,1-3H3,(H,15,16). The molecule has 0 fully saturated rings. The third-order valence-corrected chi connectivity index (χ3v) is 4.21. The molecule has 0 aliphatic heterocycles. The van der Waals surface area contributed by atoms with Crippen LogP contribution in [-0.4, -0.2) is 27.3 Å². The van der Waals surface area contributed by atoms with Crippen LogP contribution in [0.25, 0.3) is 10.3 Å². The molecule has 0 saturated heterocycles. The van der Waals surface area contributed by atoms with Gasteiger partial charge in [-0.05, 0) is 26.0 Å². The number of anilines is 1. The number of fused-ring (bicyclic) bond motifs is 1. The first-order valence-corrected chi connectivity index (χ1v) is 7.70. The van der Waals surface area contributed by atoms with Crippen LogP contribution >= 0.6 is 11.3 Å². The molecule has 8 heteroatoms. The van der Waals surface area contributed by atoms with Crippen molar-refractivity contribution in [3.8, 4) is 0 Å². The average Bonchev–Trinajstić information content (AvgIpc) is 3.16. The van der Waals surface area contributed by atoms with E-state index in [4.69, 9.17) is 9.15 Å². The van der Waals surface area contributed by atoms with Gasteiger partial charge in [0.15, 0.2) is 10.8 Å². The zero-order valence-electron chi connectivity index (χ0n) is 12.5. The van der Waals surface area contributed by atoms with Crippen molar-refractivity contribution in [1.29, 1.82) is 0 Å². The van der Waals surface area contributed by atoms with E-state index < -0.39 is 5.97 Å². The summed E-state index contributed by atoms with van der Waals surface area (Å²) in [5.74, 6) is 0.413. The number of carbonyl (C=O) groups excluding carboxylic acids is 1. The number of thiazole rings is 1. The van der Waals surface area contributed by atoms with Crippen LogP contribution in [0.4, 0.5) is 5.13 Å². The topological polar surface area (TPSA) is 82.2 Å². The quantitative estimate of drug-likeness (QED) is 0.728. The van der Waals surface area contributed by atoms with Crippen LogP contribution in [0.15, 0.2) is 16.5 Å². The summed E-state index contributed by atoms with van der Waals surface area (Å²) in [7, 11) is 1.87. The molecule has 22 heavy (non-hydrogen) atoms. The van der Waals surface area contributed by atoms with Crippen molar-refractivity contribution in [2.24, 2.45) is 7.05 Å². The van der Waals surface area contributed by atoms with Gasteiger partial charge in [-0.2, -0.15) is 5.10 Å². The second-order valence-corrected chi connectivity index (χ2v) is 5.72. The lowest BCUT2D eigenvalue weighted by Gasteiger charge is -2.00. The van der Waals surface area contributed by atoms with Gasteiger partial charge < -0.3 is 14.5 Å². The summed E-state index contributed by atoms with van der Waals surface area (Å²) >= 11 is 1.55. The van der Waals surface area contributed by atoms with Crippen LogP contribution in [0.2, 0.25) is 0 Å². The van der Waals surface area contributed by atoms with Crippen molar-refractivity contribution >= 4 is 32.8 Å². The molecule has 0 saturated carbocycles. The van der Waals surface area contributed by atoms with Gasteiger partial charge in [-0.25, -0.2) is 14.5 Å². The lowest BCUT2D eigenvalue weighted by molar-refractivity contribution is 0.0488. The summed E-state index contributed by atoms with van der Waals surface area (Å²) in [6.07, 6.45) is 0.